The molecular formula is C12H12Cl2N4O2S. The van der Waals surface area contributed by atoms with Crippen LogP contribution in [0.1, 0.15) is 28.0 Å². The van der Waals surface area contributed by atoms with E-state index in [0.29, 0.717) is 28.4 Å². The lowest BCUT2D eigenvalue weighted by molar-refractivity contribution is 0.0691. The highest BCUT2D eigenvalue weighted by Gasteiger charge is 2.11. The molecule has 0 atom stereocenters. The van der Waals surface area contributed by atoms with Crippen molar-refractivity contribution in [3.8, 4) is 0 Å². The largest absolute Gasteiger partial charge is 0.476 e. The summed E-state index contributed by atoms with van der Waals surface area (Å²) in [5.74, 6) is -1.03. The van der Waals surface area contributed by atoms with E-state index in [-0.39, 0.29) is 5.69 Å². The summed E-state index contributed by atoms with van der Waals surface area (Å²) < 4.78 is 0. The van der Waals surface area contributed by atoms with Crippen molar-refractivity contribution in [2.75, 3.05) is 11.9 Å². The fourth-order valence-electron chi connectivity index (χ4n) is 1.71. The van der Waals surface area contributed by atoms with Crippen LogP contribution < -0.4 is 5.32 Å². The molecule has 0 aliphatic heterocycles. The predicted molar refractivity (Wildman–Crippen MR) is 82.7 cm³/mol. The molecule has 2 rings (SSSR count). The molecule has 2 aromatic heterocycles. The van der Waals surface area contributed by atoms with Gasteiger partial charge in [-0.25, -0.2) is 9.78 Å². The van der Waals surface area contributed by atoms with E-state index >= 15 is 0 Å². The van der Waals surface area contributed by atoms with Crippen LogP contribution in [0.2, 0.25) is 10.3 Å². The Hall–Kier alpha value is -1.44. The number of carboxylic acid groups (broad SMARTS) is 1. The van der Waals surface area contributed by atoms with E-state index in [4.69, 9.17) is 28.3 Å². The lowest BCUT2D eigenvalue weighted by atomic mass is 10.1. The molecule has 0 unspecified atom stereocenters. The quantitative estimate of drug-likeness (QED) is 0.780. The lowest BCUT2D eigenvalue weighted by Crippen LogP contribution is -2.05. The number of aromatic nitrogens is 3. The Balaban J connectivity index is 1.87. The molecular weight excluding hydrogens is 335 g/mol. The van der Waals surface area contributed by atoms with Crippen molar-refractivity contribution in [3.63, 3.8) is 0 Å². The highest BCUT2D eigenvalue weighted by atomic mass is 35.5. The molecule has 112 valence electrons. The number of anilines is 1. The monoisotopic (exact) mass is 346 g/mol. The molecule has 0 radical (unpaired) electrons. The van der Waals surface area contributed by atoms with Crippen LogP contribution in [0.3, 0.4) is 0 Å². The van der Waals surface area contributed by atoms with Crippen LogP contribution in [0.5, 0.6) is 0 Å². The van der Waals surface area contributed by atoms with Gasteiger partial charge in [0.05, 0.1) is 0 Å². The number of aromatic carboxylic acids is 1. The number of nitrogens with zero attached hydrogens (tertiary/aromatic N) is 3. The minimum atomic E-state index is -1.03. The Bertz CT molecular complexity index is 663. The second-order valence-corrected chi connectivity index (χ2v) is 5.83. The molecule has 6 nitrogen and oxygen atoms in total. The summed E-state index contributed by atoms with van der Waals surface area (Å²) in [6.45, 7) is 2.49. The number of rotatable bonds is 6. The van der Waals surface area contributed by atoms with Gasteiger partial charge in [0.2, 0.25) is 0 Å². The number of hydrogen-bond donors (Lipinski definition) is 2. The third-order valence-electron chi connectivity index (χ3n) is 2.84. The number of hydrogen-bond acceptors (Lipinski definition) is 6. The summed E-state index contributed by atoms with van der Waals surface area (Å²) >= 11 is 13.2. The highest BCUT2D eigenvalue weighted by molar-refractivity contribution is 7.13. The molecule has 0 amide bonds. The van der Waals surface area contributed by atoms with Crippen molar-refractivity contribution < 1.29 is 9.90 Å². The average molecular weight is 347 g/mol. The van der Waals surface area contributed by atoms with Crippen LogP contribution >= 0.6 is 34.5 Å². The summed E-state index contributed by atoms with van der Waals surface area (Å²) in [4.78, 5) is 14.7. The summed E-state index contributed by atoms with van der Waals surface area (Å²) in [5, 5.41) is 22.2. The Labute approximate surface area is 135 Å². The summed E-state index contributed by atoms with van der Waals surface area (Å²) in [5.41, 5.74) is 1.76. The van der Waals surface area contributed by atoms with Gasteiger partial charge in [-0.15, -0.1) is 21.5 Å². The summed E-state index contributed by atoms with van der Waals surface area (Å²) in [6.07, 6.45) is 1.48. The minimum Gasteiger partial charge on any atom is -0.476 e. The van der Waals surface area contributed by atoms with Gasteiger partial charge in [0.15, 0.2) is 21.1 Å². The van der Waals surface area contributed by atoms with Gasteiger partial charge in [-0.2, -0.15) is 0 Å². The first-order chi connectivity index (χ1) is 9.99. The maximum Gasteiger partial charge on any atom is 0.355 e. The van der Waals surface area contributed by atoms with E-state index in [1.807, 2.05) is 6.92 Å². The van der Waals surface area contributed by atoms with E-state index in [9.17, 15) is 4.79 Å². The van der Waals surface area contributed by atoms with Gasteiger partial charge in [-0.3, -0.25) is 0 Å². The van der Waals surface area contributed by atoms with Gasteiger partial charge in [0.1, 0.15) is 0 Å². The van der Waals surface area contributed by atoms with Crippen LogP contribution in [-0.2, 0) is 6.42 Å². The fraction of sp³-hybridized carbons (Fsp3) is 0.333. The van der Waals surface area contributed by atoms with Gasteiger partial charge >= 0.3 is 5.97 Å². The van der Waals surface area contributed by atoms with Crippen LogP contribution in [0.15, 0.2) is 5.38 Å². The zero-order valence-corrected chi connectivity index (χ0v) is 13.4. The topological polar surface area (TPSA) is 88.0 Å². The Morgan fingerprint density at radius 3 is 2.76 bits per heavy atom. The standard InChI is InChI=1S/C12H12Cl2N4O2S/c1-6-7(10(14)18-17-9(6)13)3-2-4-15-12-16-8(5-21-12)11(19)20/h5H,2-4H2,1H3,(H,15,16)(H,19,20). The van der Waals surface area contributed by atoms with Gasteiger partial charge in [0, 0.05) is 11.9 Å². The number of nitrogens with one attached hydrogen (secondary N) is 1. The number of carboxylic acids is 1. The first kappa shape index (κ1) is 15.9. The third-order valence-corrected chi connectivity index (χ3v) is 4.30. The van der Waals surface area contributed by atoms with Crippen molar-refractivity contribution in [2.45, 2.75) is 19.8 Å². The predicted octanol–water partition coefficient (Wildman–Crippen LogP) is 3.29. The molecule has 0 fully saturated rings. The van der Waals surface area contributed by atoms with Crippen LogP contribution in [0, 0.1) is 6.92 Å². The van der Waals surface area contributed by atoms with E-state index in [1.54, 1.807) is 0 Å². The third kappa shape index (κ3) is 4.03. The van der Waals surface area contributed by atoms with Gasteiger partial charge < -0.3 is 10.4 Å². The molecule has 2 heterocycles. The van der Waals surface area contributed by atoms with Crippen LogP contribution in [0.4, 0.5) is 5.13 Å². The van der Waals surface area contributed by atoms with Crippen LogP contribution in [0.25, 0.3) is 0 Å². The van der Waals surface area contributed by atoms with Crippen molar-refractivity contribution in [1.29, 1.82) is 0 Å². The van der Waals surface area contributed by atoms with Crippen molar-refractivity contribution >= 4 is 45.6 Å². The number of thiazole rings is 1. The Morgan fingerprint density at radius 1 is 1.38 bits per heavy atom. The first-order valence-electron chi connectivity index (χ1n) is 6.09. The lowest BCUT2D eigenvalue weighted by Gasteiger charge is -2.08. The minimum absolute atomic E-state index is 0.0477. The van der Waals surface area contributed by atoms with E-state index in [0.717, 1.165) is 17.5 Å². The zero-order chi connectivity index (χ0) is 15.4. The molecule has 2 aromatic rings. The zero-order valence-electron chi connectivity index (χ0n) is 11.1. The van der Waals surface area contributed by atoms with E-state index in [1.165, 1.54) is 16.7 Å². The molecule has 0 aliphatic rings. The second-order valence-electron chi connectivity index (χ2n) is 4.26. The average Bonchev–Trinajstić information content (AvgIpc) is 2.91. The summed E-state index contributed by atoms with van der Waals surface area (Å²) in [7, 11) is 0. The van der Waals surface area contributed by atoms with E-state index < -0.39 is 5.97 Å². The number of halogens is 2. The maximum absolute atomic E-state index is 10.7. The molecule has 21 heavy (non-hydrogen) atoms. The molecule has 0 bridgehead atoms. The van der Waals surface area contributed by atoms with Crippen molar-refractivity contribution in [3.05, 3.63) is 32.5 Å². The fourth-order valence-corrected chi connectivity index (χ4v) is 2.85. The van der Waals surface area contributed by atoms with Gasteiger partial charge in [0.25, 0.3) is 0 Å². The second kappa shape index (κ2) is 7.02. The molecule has 0 saturated heterocycles. The normalized spacial score (nSPS) is 10.6. The van der Waals surface area contributed by atoms with Gasteiger partial charge in [-0.1, -0.05) is 23.2 Å². The highest BCUT2D eigenvalue weighted by Crippen LogP contribution is 2.23. The first-order valence-corrected chi connectivity index (χ1v) is 7.72. The summed E-state index contributed by atoms with van der Waals surface area (Å²) in [6, 6.07) is 0. The van der Waals surface area contributed by atoms with Crippen molar-refractivity contribution in [1.82, 2.24) is 15.2 Å². The molecule has 2 N–H and O–H groups in total. The van der Waals surface area contributed by atoms with Crippen molar-refractivity contribution in [2.24, 2.45) is 0 Å². The molecule has 0 aliphatic carbocycles. The Morgan fingerprint density at radius 2 is 2.10 bits per heavy atom. The Kier molecular flexibility index (Phi) is 5.33. The SMILES string of the molecule is Cc1c(Cl)nnc(Cl)c1CCCNc1nc(C(=O)O)cs1. The number of carbonyl (C=O) groups is 1. The molecule has 0 saturated carbocycles. The smallest absolute Gasteiger partial charge is 0.355 e. The van der Waals surface area contributed by atoms with E-state index in [2.05, 4.69) is 20.5 Å². The van der Waals surface area contributed by atoms with Gasteiger partial charge in [-0.05, 0) is 30.9 Å². The molecule has 0 aromatic carbocycles. The molecule has 0 spiro atoms. The maximum atomic E-state index is 10.7. The van der Waals surface area contributed by atoms with Crippen LogP contribution in [-0.4, -0.2) is 32.8 Å². The molecule has 9 heteroatoms.